The highest BCUT2D eigenvalue weighted by Gasteiger charge is 2.05. The molecule has 0 atom stereocenters. The summed E-state index contributed by atoms with van der Waals surface area (Å²) in [4.78, 5) is 5.83. The number of thioether (sulfide) groups is 1. The van der Waals surface area contributed by atoms with Gasteiger partial charge in [0.15, 0.2) is 4.34 Å². The van der Waals surface area contributed by atoms with Gasteiger partial charge in [0, 0.05) is 17.7 Å². The van der Waals surface area contributed by atoms with Gasteiger partial charge in [-0.05, 0) is 18.4 Å². The van der Waals surface area contributed by atoms with Crippen LogP contribution in [-0.2, 0) is 4.74 Å². The minimum atomic E-state index is 0.791. The van der Waals surface area contributed by atoms with Crippen molar-refractivity contribution >= 4 is 34.4 Å². The van der Waals surface area contributed by atoms with E-state index in [0.29, 0.717) is 0 Å². The molecule has 0 aliphatic carbocycles. The predicted molar refractivity (Wildman–Crippen MR) is 72.6 cm³/mol. The van der Waals surface area contributed by atoms with Crippen molar-refractivity contribution in [1.29, 1.82) is 0 Å². The van der Waals surface area contributed by atoms with Crippen LogP contribution in [0.1, 0.15) is 6.92 Å². The number of ether oxygens (including phenoxy) is 1. The monoisotopic (exact) mass is 271 g/mol. The number of thiophene rings is 1. The van der Waals surface area contributed by atoms with E-state index in [1.807, 2.05) is 6.92 Å². The summed E-state index contributed by atoms with van der Waals surface area (Å²) < 4.78 is 6.42. The van der Waals surface area contributed by atoms with Gasteiger partial charge in [0.2, 0.25) is 0 Å². The van der Waals surface area contributed by atoms with Crippen molar-refractivity contribution in [2.45, 2.75) is 11.3 Å². The lowest BCUT2D eigenvalue weighted by Gasteiger charge is -1.97. The van der Waals surface area contributed by atoms with Crippen LogP contribution in [0, 0.1) is 0 Å². The third-order valence-corrected chi connectivity index (χ3v) is 4.79. The molecule has 2 nitrogen and oxygen atoms in total. The minimum absolute atomic E-state index is 0.791. The van der Waals surface area contributed by atoms with E-state index in [-0.39, 0.29) is 0 Å². The van der Waals surface area contributed by atoms with E-state index in [9.17, 15) is 0 Å². The molecular weight excluding hydrogens is 258 g/mol. The normalized spacial score (nSPS) is 10.8. The Balaban J connectivity index is 1.88. The third kappa shape index (κ3) is 3.31. The van der Waals surface area contributed by atoms with Gasteiger partial charge in [-0.25, -0.2) is 4.98 Å². The van der Waals surface area contributed by atoms with Gasteiger partial charge in [-0.2, -0.15) is 0 Å². The molecule has 0 aromatic carbocycles. The second kappa shape index (κ2) is 6.39. The zero-order valence-electron chi connectivity index (χ0n) is 9.01. The molecule has 2 heterocycles. The summed E-state index contributed by atoms with van der Waals surface area (Å²) in [5.74, 6) is 0.977. The van der Waals surface area contributed by atoms with E-state index in [4.69, 9.17) is 4.74 Å². The van der Waals surface area contributed by atoms with Gasteiger partial charge in [-0.1, -0.05) is 17.8 Å². The molecule has 0 N–H and O–H groups in total. The first-order valence-electron chi connectivity index (χ1n) is 5.10. The topological polar surface area (TPSA) is 22.1 Å². The Labute approximate surface area is 108 Å². The highest BCUT2D eigenvalue weighted by Crippen LogP contribution is 2.30. The van der Waals surface area contributed by atoms with Crippen LogP contribution in [0.3, 0.4) is 0 Å². The molecule has 2 aromatic rings. The highest BCUT2D eigenvalue weighted by molar-refractivity contribution is 8.01. The molecule has 2 aromatic heterocycles. The summed E-state index contributed by atoms with van der Waals surface area (Å²) in [6, 6.07) is 4.16. The fourth-order valence-corrected chi connectivity index (χ4v) is 3.70. The zero-order valence-corrected chi connectivity index (χ0v) is 11.5. The predicted octanol–water partition coefficient (Wildman–Crippen LogP) is 4.00. The molecule has 5 heteroatoms. The molecule has 0 aliphatic rings. The SMILES string of the molecule is CCOCCSc1nc(-c2cccs2)cs1. The van der Waals surface area contributed by atoms with Crippen LogP contribution in [0.2, 0.25) is 0 Å². The molecule has 0 saturated heterocycles. The number of thiazole rings is 1. The van der Waals surface area contributed by atoms with Crippen molar-refractivity contribution < 1.29 is 4.74 Å². The summed E-state index contributed by atoms with van der Waals surface area (Å²) in [5.41, 5.74) is 1.10. The van der Waals surface area contributed by atoms with Crippen molar-refractivity contribution in [2.24, 2.45) is 0 Å². The molecule has 16 heavy (non-hydrogen) atoms. The smallest absolute Gasteiger partial charge is 0.150 e. The molecule has 0 amide bonds. The van der Waals surface area contributed by atoms with Crippen LogP contribution in [-0.4, -0.2) is 24.0 Å². The molecule has 0 saturated carbocycles. The number of hydrogen-bond donors (Lipinski definition) is 0. The van der Waals surface area contributed by atoms with Gasteiger partial charge in [-0.3, -0.25) is 0 Å². The lowest BCUT2D eigenvalue weighted by Crippen LogP contribution is -1.95. The average molecular weight is 271 g/mol. The van der Waals surface area contributed by atoms with E-state index < -0.39 is 0 Å². The van der Waals surface area contributed by atoms with Gasteiger partial charge in [0.05, 0.1) is 17.2 Å². The van der Waals surface area contributed by atoms with Crippen LogP contribution in [0.25, 0.3) is 10.6 Å². The van der Waals surface area contributed by atoms with Crippen molar-refractivity contribution in [2.75, 3.05) is 19.0 Å². The summed E-state index contributed by atoms with van der Waals surface area (Å²) in [6.07, 6.45) is 0. The van der Waals surface area contributed by atoms with Crippen LogP contribution in [0.15, 0.2) is 27.2 Å². The van der Waals surface area contributed by atoms with Crippen molar-refractivity contribution in [3.05, 3.63) is 22.9 Å². The van der Waals surface area contributed by atoms with E-state index in [1.165, 1.54) is 4.88 Å². The molecule has 2 rings (SSSR count). The summed E-state index contributed by atoms with van der Waals surface area (Å²) in [5, 5.41) is 4.20. The van der Waals surface area contributed by atoms with Crippen LogP contribution < -0.4 is 0 Å². The third-order valence-electron chi connectivity index (χ3n) is 1.91. The maximum absolute atomic E-state index is 5.29. The molecule has 86 valence electrons. The first-order chi connectivity index (χ1) is 7.90. The number of aromatic nitrogens is 1. The highest BCUT2D eigenvalue weighted by atomic mass is 32.2. The first kappa shape index (κ1) is 12.1. The van der Waals surface area contributed by atoms with Gasteiger partial charge in [0.25, 0.3) is 0 Å². The Morgan fingerprint density at radius 1 is 1.44 bits per heavy atom. The van der Waals surface area contributed by atoms with Crippen LogP contribution >= 0.6 is 34.4 Å². The summed E-state index contributed by atoms with van der Waals surface area (Å²) in [7, 11) is 0. The number of nitrogens with zero attached hydrogens (tertiary/aromatic N) is 1. The van der Waals surface area contributed by atoms with Crippen LogP contribution in [0.5, 0.6) is 0 Å². The fourth-order valence-electron chi connectivity index (χ4n) is 1.19. The van der Waals surface area contributed by atoms with Gasteiger partial charge >= 0.3 is 0 Å². The maximum atomic E-state index is 5.29. The van der Waals surface area contributed by atoms with Gasteiger partial charge in [0.1, 0.15) is 0 Å². The summed E-state index contributed by atoms with van der Waals surface area (Å²) >= 11 is 5.21. The standard InChI is InChI=1S/C11H13NOS3/c1-2-13-5-7-15-11-12-9(8-16-11)10-4-3-6-14-10/h3-4,6,8H,2,5,7H2,1H3. The molecule has 0 fully saturated rings. The Morgan fingerprint density at radius 2 is 2.38 bits per heavy atom. The zero-order chi connectivity index (χ0) is 11.2. The number of hydrogen-bond acceptors (Lipinski definition) is 5. The molecule has 0 aliphatic heterocycles. The van der Waals surface area contributed by atoms with E-state index in [1.54, 1.807) is 34.4 Å². The lowest BCUT2D eigenvalue weighted by atomic mass is 10.4. The molecule has 0 radical (unpaired) electrons. The van der Waals surface area contributed by atoms with Crippen molar-refractivity contribution in [1.82, 2.24) is 4.98 Å². The quantitative estimate of drug-likeness (QED) is 0.585. The van der Waals surface area contributed by atoms with Crippen LogP contribution in [0.4, 0.5) is 0 Å². The van der Waals surface area contributed by atoms with Crippen molar-refractivity contribution in [3.63, 3.8) is 0 Å². The van der Waals surface area contributed by atoms with E-state index >= 15 is 0 Å². The molecular formula is C11H13NOS3. The molecule has 0 spiro atoms. The first-order valence-corrected chi connectivity index (χ1v) is 7.84. The second-order valence-corrected chi connectivity index (χ2v) is 6.17. The van der Waals surface area contributed by atoms with E-state index in [0.717, 1.165) is 29.0 Å². The second-order valence-electron chi connectivity index (χ2n) is 3.02. The Bertz CT molecular complexity index is 411. The maximum Gasteiger partial charge on any atom is 0.150 e. The average Bonchev–Trinajstić information content (AvgIpc) is 2.94. The Kier molecular flexibility index (Phi) is 4.84. The largest absolute Gasteiger partial charge is 0.381 e. The van der Waals surface area contributed by atoms with E-state index in [2.05, 4.69) is 27.9 Å². The Hall–Kier alpha value is -0.360. The summed E-state index contributed by atoms with van der Waals surface area (Å²) in [6.45, 7) is 3.61. The Morgan fingerprint density at radius 3 is 3.12 bits per heavy atom. The van der Waals surface area contributed by atoms with Crippen molar-refractivity contribution in [3.8, 4) is 10.6 Å². The fraction of sp³-hybridized carbons (Fsp3) is 0.364. The molecule has 0 bridgehead atoms. The molecule has 0 unspecified atom stereocenters. The minimum Gasteiger partial charge on any atom is -0.381 e. The number of rotatable bonds is 6. The van der Waals surface area contributed by atoms with Gasteiger partial charge < -0.3 is 4.74 Å². The van der Waals surface area contributed by atoms with Gasteiger partial charge in [-0.15, -0.1) is 22.7 Å². The lowest BCUT2D eigenvalue weighted by molar-refractivity contribution is 0.164.